The van der Waals surface area contributed by atoms with E-state index in [0.717, 1.165) is 0 Å². The molecule has 0 aliphatic heterocycles. The average Bonchev–Trinajstić information content (AvgIpc) is 3.02. The highest BCUT2D eigenvalue weighted by Gasteiger charge is 2.18. The molecule has 0 saturated heterocycles. The van der Waals surface area contributed by atoms with Gasteiger partial charge in [0.05, 0.1) is 0 Å². The van der Waals surface area contributed by atoms with E-state index >= 15 is 0 Å². The first-order chi connectivity index (χ1) is 11.8. The maximum absolute atomic E-state index is 2.35. The largest absolute Gasteiger partial charge is 0.0725 e. The monoisotopic (exact) mass is 305 g/mol. The highest BCUT2D eigenvalue weighted by Crippen LogP contribution is 2.41. The van der Waals surface area contributed by atoms with E-state index in [-0.39, 0.29) is 0 Å². The van der Waals surface area contributed by atoms with Gasteiger partial charge in [-0.1, -0.05) is 72.8 Å². The van der Waals surface area contributed by atoms with Gasteiger partial charge in [0.2, 0.25) is 0 Å². The van der Waals surface area contributed by atoms with Gasteiger partial charge in [-0.15, -0.1) is 0 Å². The van der Waals surface area contributed by atoms with E-state index in [1.54, 1.807) is 0 Å². The predicted molar refractivity (Wildman–Crippen MR) is 104 cm³/mol. The topological polar surface area (TPSA) is 0 Å². The summed E-state index contributed by atoms with van der Waals surface area (Å²) in [5, 5.41) is 5.27. The third-order valence-electron chi connectivity index (χ3n) is 5.06. The molecule has 113 valence electrons. The minimum Gasteiger partial charge on any atom is -0.0725 e. The Kier molecular flexibility index (Phi) is 2.87. The van der Waals surface area contributed by atoms with Crippen LogP contribution in [0, 0.1) is 6.42 Å². The summed E-state index contributed by atoms with van der Waals surface area (Å²) in [6.07, 6.45) is 4.44. The van der Waals surface area contributed by atoms with E-state index in [1.807, 2.05) is 0 Å². The van der Waals surface area contributed by atoms with E-state index in [4.69, 9.17) is 0 Å². The molecule has 1 radical (unpaired) electrons. The van der Waals surface area contributed by atoms with Crippen LogP contribution in [-0.2, 0) is 0 Å². The number of benzene rings is 4. The van der Waals surface area contributed by atoms with E-state index in [0.29, 0.717) is 0 Å². The SMILES string of the molecule is CC1=C[CH]c2cccc(-c3cc4ccccc4c4ccccc34)c21. The number of rotatable bonds is 1. The van der Waals surface area contributed by atoms with Crippen LogP contribution in [0.1, 0.15) is 18.1 Å². The Hall–Kier alpha value is -2.86. The smallest absolute Gasteiger partial charge is 0.0134 e. The lowest BCUT2D eigenvalue weighted by Gasteiger charge is -2.15. The first kappa shape index (κ1) is 13.6. The molecule has 0 N–H and O–H groups in total. The second-order valence-electron chi connectivity index (χ2n) is 6.48. The standard InChI is InChI=1S/C24H17/c1-16-13-14-17-8-6-12-22(24(16)17)23-15-18-7-2-3-9-19(18)20-10-4-5-11-21(20)23/h2-15H,1H3. The molecule has 0 aromatic heterocycles. The average molecular weight is 305 g/mol. The maximum atomic E-state index is 2.35. The zero-order valence-corrected chi connectivity index (χ0v) is 13.6. The molecule has 0 unspecified atom stereocenters. The molecule has 4 aromatic rings. The van der Waals surface area contributed by atoms with Crippen molar-refractivity contribution in [3.05, 3.63) is 96.4 Å². The van der Waals surface area contributed by atoms with Gasteiger partial charge >= 0.3 is 0 Å². The summed E-state index contributed by atoms with van der Waals surface area (Å²) in [6, 6.07) is 26.4. The fraction of sp³-hybridized carbons (Fsp3) is 0.0417. The second kappa shape index (κ2) is 5.07. The number of hydrogen-bond acceptors (Lipinski definition) is 0. The Labute approximate surface area is 142 Å². The van der Waals surface area contributed by atoms with Gasteiger partial charge in [-0.05, 0) is 62.4 Å². The molecule has 0 amide bonds. The van der Waals surface area contributed by atoms with Crippen molar-refractivity contribution in [3.63, 3.8) is 0 Å². The summed E-state index contributed by atoms with van der Waals surface area (Å²) in [4.78, 5) is 0. The Bertz CT molecular complexity index is 1130. The maximum Gasteiger partial charge on any atom is 0.0134 e. The van der Waals surface area contributed by atoms with Crippen LogP contribution in [0.15, 0.2) is 78.9 Å². The molecule has 0 heteroatoms. The lowest BCUT2D eigenvalue weighted by Crippen LogP contribution is -1.91. The Morgan fingerprint density at radius 2 is 1.38 bits per heavy atom. The molecular weight excluding hydrogens is 288 g/mol. The first-order valence-corrected chi connectivity index (χ1v) is 8.39. The van der Waals surface area contributed by atoms with Gasteiger partial charge in [0.25, 0.3) is 0 Å². The second-order valence-corrected chi connectivity index (χ2v) is 6.48. The molecule has 0 saturated carbocycles. The minimum absolute atomic E-state index is 1.30. The minimum atomic E-state index is 1.30. The molecule has 4 aromatic carbocycles. The fourth-order valence-corrected chi connectivity index (χ4v) is 3.95. The summed E-state index contributed by atoms with van der Waals surface area (Å²) >= 11 is 0. The Morgan fingerprint density at radius 3 is 2.25 bits per heavy atom. The predicted octanol–water partition coefficient (Wildman–Crippen LogP) is 6.63. The number of fused-ring (bicyclic) bond motifs is 4. The molecule has 24 heavy (non-hydrogen) atoms. The van der Waals surface area contributed by atoms with Gasteiger partial charge in [0.15, 0.2) is 0 Å². The van der Waals surface area contributed by atoms with Gasteiger partial charge < -0.3 is 0 Å². The van der Waals surface area contributed by atoms with Crippen LogP contribution in [0.2, 0.25) is 0 Å². The number of allylic oxidation sites excluding steroid dienone is 2. The van der Waals surface area contributed by atoms with E-state index in [2.05, 4.69) is 92.2 Å². The van der Waals surface area contributed by atoms with E-state index in [1.165, 1.54) is 49.4 Å². The quantitative estimate of drug-likeness (QED) is 0.346. The molecule has 1 aliphatic rings. The van der Waals surface area contributed by atoms with E-state index in [9.17, 15) is 0 Å². The van der Waals surface area contributed by atoms with Crippen molar-refractivity contribution in [3.8, 4) is 11.1 Å². The summed E-state index contributed by atoms with van der Waals surface area (Å²) in [5.74, 6) is 0. The summed E-state index contributed by atoms with van der Waals surface area (Å²) in [7, 11) is 0. The number of hydrogen-bond donors (Lipinski definition) is 0. The highest BCUT2D eigenvalue weighted by atomic mass is 14.2. The van der Waals surface area contributed by atoms with E-state index < -0.39 is 0 Å². The summed E-state index contributed by atoms with van der Waals surface area (Å²) in [6.45, 7) is 2.20. The molecule has 5 rings (SSSR count). The molecule has 0 bridgehead atoms. The zero-order chi connectivity index (χ0) is 16.1. The van der Waals surface area contributed by atoms with Crippen LogP contribution in [-0.4, -0.2) is 0 Å². The zero-order valence-electron chi connectivity index (χ0n) is 13.6. The lowest BCUT2D eigenvalue weighted by molar-refractivity contribution is 1.52. The van der Waals surface area contributed by atoms with Crippen molar-refractivity contribution in [1.82, 2.24) is 0 Å². The van der Waals surface area contributed by atoms with Gasteiger partial charge in [-0.25, -0.2) is 0 Å². The molecular formula is C24H17. The van der Waals surface area contributed by atoms with Crippen LogP contribution in [0.4, 0.5) is 0 Å². The van der Waals surface area contributed by atoms with Crippen LogP contribution < -0.4 is 0 Å². The Morgan fingerprint density at radius 1 is 0.625 bits per heavy atom. The molecule has 0 spiro atoms. The first-order valence-electron chi connectivity index (χ1n) is 8.39. The molecule has 0 nitrogen and oxygen atoms in total. The van der Waals surface area contributed by atoms with Gasteiger partial charge in [-0.3, -0.25) is 0 Å². The third kappa shape index (κ3) is 1.86. The molecule has 1 aliphatic carbocycles. The van der Waals surface area contributed by atoms with Crippen molar-refractivity contribution >= 4 is 27.1 Å². The molecule has 0 fully saturated rings. The van der Waals surface area contributed by atoms with Crippen molar-refractivity contribution in [2.45, 2.75) is 6.92 Å². The van der Waals surface area contributed by atoms with Crippen LogP contribution in [0.5, 0.6) is 0 Å². The third-order valence-corrected chi connectivity index (χ3v) is 5.06. The Balaban J connectivity index is 1.94. The van der Waals surface area contributed by atoms with Crippen LogP contribution >= 0.6 is 0 Å². The molecule has 0 atom stereocenters. The van der Waals surface area contributed by atoms with Gasteiger partial charge in [0, 0.05) is 6.42 Å². The molecule has 0 heterocycles. The fourth-order valence-electron chi connectivity index (χ4n) is 3.95. The van der Waals surface area contributed by atoms with Crippen LogP contribution in [0.3, 0.4) is 0 Å². The van der Waals surface area contributed by atoms with Crippen LogP contribution in [0.25, 0.3) is 38.2 Å². The normalized spacial score (nSPS) is 13.3. The van der Waals surface area contributed by atoms with Crippen molar-refractivity contribution in [2.75, 3.05) is 0 Å². The van der Waals surface area contributed by atoms with Gasteiger partial charge in [0.1, 0.15) is 0 Å². The summed E-state index contributed by atoms with van der Waals surface area (Å²) in [5.41, 5.74) is 6.69. The van der Waals surface area contributed by atoms with Gasteiger partial charge in [-0.2, -0.15) is 0 Å². The highest BCUT2D eigenvalue weighted by molar-refractivity contribution is 6.14. The lowest BCUT2D eigenvalue weighted by atomic mass is 9.89. The van der Waals surface area contributed by atoms with Crippen molar-refractivity contribution in [1.29, 1.82) is 0 Å². The summed E-state index contributed by atoms with van der Waals surface area (Å²) < 4.78 is 0. The van der Waals surface area contributed by atoms with Crippen molar-refractivity contribution in [2.24, 2.45) is 0 Å². The van der Waals surface area contributed by atoms with Crippen molar-refractivity contribution < 1.29 is 0 Å².